The number of rotatable bonds is 4. The van der Waals surface area contributed by atoms with Gasteiger partial charge in [-0.25, -0.2) is 19.9 Å². The van der Waals surface area contributed by atoms with E-state index in [9.17, 15) is 4.39 Å². The number of benzene rings is 2. The van der Waals surface area contributed by atoms with E-state index in [2.05, 4.69) is 32.4 Å². The largest absolute Gasteiger partial charge is 0.345 e. The van der Waals surface area contributed by atoms with Crippen LogP contribution in [0.3, 0.4) is 0 Å². The van der Waals surface area contributed by atoms with E-state index in [0.29, 0.717) is 6.54 Å². The minimum atomic E-state index is -0.221. The van der Waals surface area contributed by atoms with Crippen LogP contribution in [0, 0.1) is 5.82 Å². The fraction of sp³-hybridized carbons (Fsp3) is 0.118. The molecule has 122 valence electrons. The molecular weight excluding hydrogens is 325 g/mol. The SMILES string of the molecule is Fc1ccc(CNN2C=C(c3ccc4nc[nH]c4c3)CSN2)cc1. The number of hydrogen-bond acceptors (Lipinski definition) is 5. The second-order valence-electron chi connectivity index (χ2n) is 5.50. The standard InChI is InChI=1S/C17H16FN5S/c18-15-4-1-12(2-5-15)8-21-23-9-14(10-24-22-23)13-3-6-16-17(7-13)20-11-19-16/h1-7,9,11,21-22H,8,10H2,(H,19,20). The van der Waals surface area contributed by atoms with Crippen molar-refractivity contribution in [1.82, 2.24) is 25.3 Å². The summed E-state index contributed by atoms with van der Waals surface area (Å²) < 4.78 is 12.9. The normalized spacial score (nSPS) is 14.9. The van der Waals surface area contributed by atoms with Gasteiger partial charge >= 0.3 is 0 Å². The average molecular weight is 341 g/mol. The number of aromatic amines is 1. The Bertz CT molecular complexity index is 874. The van der Waals surface area contributed by atoms with Crippen molar-refractivity contribution in [1.29, 1.82) is 0 Å². The Kier molecular flexibility index (Phi) is 4.20. The molecule has 0 saturated carbocycles. The monoisotopic (exact) mass is 341 g/mol. The number of nitrogens with one attached hydrogen (secondary N) is 3. The van der Waals surface area contributed by atoms with Crippen molar-refractivity contribution in [2.45, 2.75) is 6.54 Å². The zero-order valence-electron chi connectivity index (χ0n) is 12.8. The summed E-state index contributed by atoms with van der Waals surface area (Å²) in [5.41, 5.74) is 8.65. The third-order valence-corrected chi connectivity index (χ3v) is 4.61. The summed E-state index contributed by atoms with van der Waals surface area (Å²) in [6.07, 6.45) is 3.74. The number of imidazole rings is 1. The Morgan fingerprint density at radius 1 is 1.21 bits per heavy atom. The number of nitrogens with zero attached hydrogens (tertiary/aromatic N) is 2. The van der Waals surface area contributed by atoms with Crippen molar-refractivity contribution >= 4 is 28.6 Å². The summed E-state index contributed by atoms with van der Waals surface area (Å²) in [4.78, 5) is 10.6. The first-order valence-electron chi connectivity index (χ1n) is 7.57. The van der Waals surface area contributed by atoms with Gasteiger partial charge in [0.2, 0.25) is 0 Å². The Balaban J connectivity index is 1.48. The zero-order valence-corrected chi connectivity index (χ0v) is 13.6. The quantitative estimate of drug-likeness (QED) is 0.636. The van der Waals surface area contributed by atoms with Gasteiger partial charge in [0, 0.05) is 18.5 Å². The van der Waals surface area contributed by atoms with Gasteiger partial charge in [-0.05, 0) is 41.0 Å². The minimum absolute atomic E-state index is 0.221. The maximum atomic E-state index is 12.9. The van der Waals surface area contributed by atoms with Gasteiger partial charge in [-0.2, -0.15) is 4.83 Å². The van der Waals surface area contributed by atoms with Crippen molar-refractivity contribution in [2.75, 3.05) is 5.75 Å². The van der Waals surface area contributed by atoms with Crippen LogP contribution in [-0.4, -0.2) is 20.8 Å². The molecular formula is C17H16FN5S. The Labute approximate surface area is 143 Å². The highest BCUT2D eigenvalue weighted by atomic mass is 32.2. The first-order valence-corrected chi connectivity index (χ1v) is 8.55. The lowest BCUT2D eigenvalue weighted by molar-refractivity contribution is 0.242. The molecule has 3 aromatic rings. The fourth-order valence-electron chi connectivity index (χ4n) is 2.55. The third kappa shape index (κ3) is 3.28. The summed E-state index contributed by atoms with van der Waals surface area (Å²) in [6.45, 7) is 0.608. The van der Waals surface area contributed by atoms with E-state index in [1.807, 2.05) is 17.4 Å². The fourth-order valence-corrected chi connectivity index (χ4v) is 3.27. The lowest BCUT2D eigenvalue weighted by atomic mass is 10.1. The van der Waals surface area contributed by atoms with Crippen LogP contribution in [0.15, 0.2) is 55.0 Å². The van der Waals surface area contributed by atoms with Crippen LogP contribution >= 0.6 is 11.9 Å². The van der Waals surface area contributed by atoms with Crippen LogP contribution in [-0.2, 0) is 6.54 Å². The van der Waals surface area contributed by atoms with E-state index in [-0.39, 0.29) is 5.82 Å². The van der Waals surface area contributed by atoms with E-state index in [4.69, 9.17) is 0 Å². The molecule has 24 heavy (non-hydrogen) atoms. The van der Waals surface area contributed by atoms with E-state index in [0.717, 1.165) is 27.9 Å². The first-order chi connectivity index (χ1) is 11.8. The van der Waals surface area contributed by atoms with Crippen LogP contribution in [0.25, 0.3) is 16.6 Å². The van der Waals surface area contributed by atoms with Gasteiger partial charge in [-0.1, -0.05) is 30.1 Å². The van der Waals surface area contributed by atoms with Crippen LogP contribution in [0.2, 0.25) is 0 Å². The highest BCUT2D eigenvalue weighted by molar-refractivity contribution is 7.97. The Morgan fingerprint density at radius 3 is 2.96 bits per heavy atom. The summed E-state index contributed by atoms with van der Waals surface area (Å²) >= 11 is 1.61. The number of H-pyrrole nitrogens is 1. The predicted molar refractivity (Wildman–Crippen MR) is 94.7 cm³/mol. The Hall–Kier alpha value is -2.35. The molecule has 0 aliphatic carbocycles. The number of halogens is 1. The van der Waals surface area contributed by atoms with Crippen LogP contribution in [0.1, 0.15) is 11.1 Å². The molecule has 1 aromatic heterocycles. The summed E-state index contributed by atoms with van der Waals surface area (Å²) in [5, 5.41) is 1.84. The van der Waals surface area contributed by atoms with Crippen LogP contribution in [0.5, 0.6) is 0 Å². The zero-order chi connectivity index (χ0) is 16.4. The molecule has 0 bridgehead atoms. The molecule has 0 atom stereocenters. The highest BCUT2D eigenvalue weighted by Crippen LogP contribution is 2.24. The van der Waals surface area contributed by atoms with E-state index in [1.54, 1.807) is 30.4 Å². The molecule has 4 rings (SSSR count). The number of fused-ring (bicyclic) bond motifs is 1. The average Bonchev–Trinajstić information content (AvgIpc) is 3.09. The van der Waals surface area contributed by atoms with E-state index in [1.165, 1.54) is 17.7 Å². The molecule has 0 saturated heterocycles. The second-order valence-corrected chi connectivity index (χ2v) is 6.26. The maximum Gasteiger partial charge on any atom is 0.123 e. The maximum absolute atomic E-state index is 12.9. The lowest BCUT2D eigenvalue weighted by Crippen LogP contribution is -2.42. The van der Waals surface area contributed by atoms with Gasteiger partial charge < -0.3 is 4.98 Å². The van der Waals surface area contributed by atoms with E-state index < -0.39 is 0 Å². The van der Waals surface area contributed by atoms with E-state index >= 15 is 0 Å². The minimum Gasteiger partial charge on any atom is -0.345 e. The molecule has 0 fully saturated rings. The van der Waals surface area contributed by atoms with Gasteiger partial charge in [0.1, 0.15) is 5.82 Å². The van der Waals surface area contributed by atoms with Crippen LogP contribution < -0.4 is 10.3 Å². The number of hydrogen-bond donors (Lipinski definition) is 3. The molecule has 1 aliphatic heterocycles. The van der Waals surface area contributed by atoms with Crippen molar-refractivity contribution in [3.05, 3.63) is 71.9 Å². The molecule has 5 nitrogen and oxygen atoms in total. The summed E-state index contributed by atoms with van der Waals surface area (Å²) in [5.74, 6) is 0.649. The van der Waals surface area contributed by atoms with Gasteiger partial charge in [0.15, 0.2) is 0 Å². The van der Waals surface area contributed by atoms with Crippen molar-refractivity contribution in [2.24, 2.45) is 0 Å². The van der Waals surface area contributed by atoms with Gasteiger partial charge in [-0.3, -0.25) is 0 Å². The smallest absolute Gasteiger partial charge is 0.123 e. The molecule has 0 amide bonds. The molecule has 2 heterocycles. The number of hydrazine groups is 2. The van der Waals surface area contributed by atoms with Crippen molar-refractivity contribution in [3.8, 4) is 0 Å². The highest BCUT2D eigenvalue weighted by Gasteiger charge is 2.12. The third-order valence-electron chi connectivity index (χ3n) is 3.83. The lowest BCUT2D eigenvalue weighted by Gasteiger charge is -2.27. The van der Waals surface area contributed by atoms with Gasteiger partial charge in [0.25, 0.3) is 0 Å². The van der Waals surface area contributed by atoms with Gasteiger partial charge in [0.05, 0.1) is 17.4 Å². The summed E-state index contributed by atoms with van der Waals surface area (Å²) in [7, 11) is 0. The van der Waals surface area contributed by atoms with Crippen molar-refractivity contribution in [3.63, 3.8) is 0 Å². The predicted octanol–water partition coefficient (Wildman–Crippen LogP) is 3.22. The molecule has 0 spiro atoms. The van der Waals surface area contributed by atoms with Crippen molar-refractivity contribution < 1.29 is 4.39 Å². The topological polar surface area (TPSA) is 56.0 Å². The molecule has 0 radical (unpaired) electrons. The van der Waals surface area contributed by atoms with Crippen LogP contribution in [0.4, 0.5) is 4.39 Å². The first kappa shape index (κ1) is 15.2. The Morgan fingerprint density at radius 2 is 2.08 bits per heavy atom. The second kappa shape index (κ2) is 6.64. The summed E-state index contributed by atoms with van der Waals surface area (Å²) in [6, 6.07) is 12.7. The molecule has 1 aliphatic rings. The van der Waals surface area contributed by atoms with Gasteiger partial charge in [-0.15, -0.1) is 0 Å². The molecule has 0 unspecified atom stereocenters. The number of aromatic nitrogens is 2. The molecule has 2 aromatic carbocycles. The molecule has 7 heteroatoms. The molecule has 3 N–H and O–H groups in total.